The Morgan fingerprint density at radius 2 is 1.58 bits per heavy atom. The van der Waals surface area contributed by atoms with Crippen LogP contribution >= 0.6 is 0 Å². The maximum absolute atomic E-state index is 13.1. The standard InChI is InChI=1S/C22H26N2O6S/c1-16(2)30-18-5-3-17(4-6-18)22(25)23-9-11-24(12-10-23)31(26,27)19-7-8-20-21(15-19)29-14-13-28-20/h3-8,15-16H,9-14H2,1-2H3. The largest absolute Gasteiger partial charge is 0.491 e. The Morgan fingerprint density at radius 1 is 0.935 bits per heavy atom. The van der Waals surface area contributed by atoms with E-state index in [1.165, 1.54) is 16.4 Å². The number of rotatable bonds is 5. The zero-order chi connectivity index (χ0) is 22.0. The van der Waals surface area contributed by atoms with E-state index >= 15 is 0 Å². The quantitative estimate of drug-likeness (QED) is 0.701. The fourth-order valence-corrected chi connectivity index (χ4v) is 5.03. The number of fused-ring (bicyclic) bond motifs is 1. The minimum Gasteiger partial charge on any atom is -0.491 e. The van der Waals surface area contributed by atoms with E-state index in [1.54, 1.807) is 35.2 Å². The molecule has 0 atom stereocenters. The van der Waals surface area contributed by atoms with Crippen LogP contribution in [-0.2, 0) is 10.0 Å². The van der Waals surface area contributed by atoms with Gasteiger partial charge in [0.25, 0.3) is 5.91 Å². The smallest absolute Gasteiger partial charge is 0.253 e. The predicted molar refractivity (Wildman–Crippen MR) is 114 cm³/mol. The van der Waals surface area contributed by atoms with Gasteiger partial charge in [-0.3, -0.25) is 4.79 Å². The summed E-state index contributed by atoms with van der Waals surface area (Å²) in [6, 6.07) is 11.7. The molecule has 0 saturated carbocycles. The van der Waals surface area contributed by atoms with Gasteiger partial charge >= 0.3 is 0 Å². The summed E-state index contributed by atoms with van der Waals surface area (Å²) < 4.78 is 44.1. The summed E-state index contributed by atoms with van der Waals surface area (Å²) in [4.78, 5) is 14.6. The van der Waals surface area contributed by atoms with E-state index in [4.69, 9.17) is 14.2 Å². The number of ether oxygens (including phenoxy) is 3. The molecule has 1 fully saturated rings. The van der Waals surface area contributed by atoms with Gasteiger partial charge < -0.3 is 19.1 Å². The minimum absolute atomic E-state index is 0.0609. The topological polar surface area (TPSA) is 85.4 Å². The lowest BCUT2D eigenvalue weighted by atomic mass is 10.2. The van der Waals surface area contributed by atoms with Gasteiger partial charge in [-0.1, -0.05) is 0 Å². The summed E-state index contributed by atoms with van der Waals surface area (Å²) >= 11 is 0. The molecule has 2 aliphatic heterocycles. The van der Waals surface area contributed by atoms with Crippen molar-refractivity contribution in [1.29, 1.82) is 0 Å². The van der Waals surface area contributed by atoms with Crippen LogP contribution in [-0.4, -0.2) is 69.0 Å². The second-order valence-electron chi connectivity index (χ2n) is 7.69. The first kappa shape index (κ1) is 21.5. The van der Waals surface area contributed by atoms with E-state index in [-0.39, 0.29) is 30.0 Å². The van der Waals surface area contributed by atoms with Crippen molar-refractivity contribution in [2.75, 3.05) is 39.4 Å². The molecular weight excluding hydrogens is 420 g/mol. The first-order chi connectivity index (χ1) is 14.8. The van der Waals surface area contributed by atoms with Crippen molar-refractivity contribution >= 4 is 15.9 Å². The molecule has 0 aromatic heterocycles. The molecule has 9 heteroatoms. The Kier molecular flexibility index (Phi) is 6.06. The molecule has 0 aliphatic carbocycles. The van der Waals surface area contributed by atoms with Gasteiger partial charge in [-0.2, -0.15) is 4.31 Å². The van der Waals surface area contributed by atoms with Crippen molar-refractivity contribution in [2.45, 2.75) is 24.8 Å². The number of amides is 1. The van der Waals surface area contributed by atoms with Crippen LogP contribution in [0.4, 0.5) is 0 Å². The highest BCUT2D eigenvalue weighted by Gasteiger charge is 2.31. The lowest BCUT2D eigenvalue weighted by Gasteiger charge is -2.34. The number of carbonyl (C=O) groups is 1. The molecule has 2 aromatic carbocycles. The second-order valence-corrected chi connectivity index (χ2v) is 9.63. The third kappa shape index (κ3) is 4.62. The minimum atomic E-state index is -3.68. The van der Waals surface area contributed by atoms with Gasteiger partial charge in [-0.15, -0.1) is 0 Å². The zero-order valence-corrected chi connectivity index (χ0v) is 18.4. The van der Waals surface area contributed by atoms with Crippen LogP contribution in [0.5, 0.6) is 17.2 Å². The number of benzene rings is 2. The third-order valence-electron chi connectivity index (χ3n) is 5.15. The molecule has 0 spiro atoms. The molecule has 0 unspecified atom stereocenters. The Balaban J connectivity index is 1.40. The van der Waals surface area contributed by atoms with E-state index in [0.29, 0.717) is 49.1 Å². The average Bonchev–Trinajstić information content (AvgIpc) is 2.78. The van der Waals surface area contributed by atoms with Crippen molar-refractivity contribution in [3.63, 3.8) is 0 Å². The lowest BCUT2D eigenvalue weighted by molar-refractivity contribution is 0.0698. The number of sulfonamides is 1. The maximum Gasteiger partial charge on any atom is 0.253 e. The van der Waals surface area contributed by atoms with Crippen LogP contribution in [0.3, 0.4) is 0 Å². The van der Waals surface area contributed by atoms with Crippen LogP contribution in [0.1, 0.15) is 24.2 Å². The summed E-state index contributed by atoms with van der Waals surface area (Å²) in [6.07, 6.45) is 0.0609. The van der Waals surface area contributed by atoms with E-state index in [9.17, 15) is 13.2 Å². The molecule has 0 radical (unpaired) electrons. The van der Waals surface area contributed by atoms with E-state index in [0.717, 1.165) is 0 Å². The molecule has 8 nitrogen and oxygen atoms in total. The van der Waals surface area contributed by atoms with Crippen molar-refractivity contribution in [3.8, 4) is 17.2 Å². The van der Waals surface area contributed by atoms with Crippen molar-refractivity contribution in [2.24, 2.45) is 0 Å². The van der Waals surface area contributed by atoms with Gasteiger partial charge in [0.15, 0.2) is 11.5 Å². The Bertz CT molecular complexity index is 1040. The molecule has 2 aliphatic rings. The van der Waals surface area contributed by atoms with Gasteiger partial charge in [0.2, 0.25) is 10.0 Å². The Morgan fingerprint density at radius 3 is 2.23 bits per heavy atom. The molecule has 0 N–H and O–H groups in total. The first-order valence-electron chi connectivity index (χ1n) is 10.3. The maximum atomic E-state index is 13.1. The van der Waals surface area contributed by atoms with Crippen LogP contribution in [0.25, 0.3) is 0 Å². The SMILES string of the molecule is CC(C)Oc1ccc(C(=O)N2CCN(S(=O)(=O)c3ccc4c(c3)OCCO4)CC2)cc1. The second kappa shape index (κ2) is 8.76. The number of carbonyl (C=O) groups excluding carboxylic acids is 1. The molecule has 4 rings (SSSR count). The third-order valence-corrected chi connectivity index (χ3v) is 7.04. The highest BCUT2D eigenvalue weighted by molar-refractivity contribution is 7.89. The molecule has 1 amide bonds. The van der Waals surface area contributed by atoms with Crippen molar-refractivity contribution in [1.82, 2.24) is 9.21 Å². The summed E-state index contributed by atoms with van der Waals surface area (Å²) in [5, 5.41) is 0. The van der Waals surface area contributed by atoms with Crippen LogP contribution in [0.15, 0.2) is 47.4 Å². The van der Waals surface area contributed by atoms with Crippen molar-refractivity contribution < 1.29 is 27.4 Å². The van der Waals surface area contributed by atoms with Crippen LogP contribution < -0.4 is 14.2 Å². The molecule has 31 heavy (non-hydrogen) atoms. The molecule has 1 saturated heterocycles. The van der Waals surface area contributed by atoms with Gasteiger partial charge in [0.1, 0.15) is 19.0 Å². The molecule has 166 valence electrons. The fraction of sp³-hybridized carbons (Fsp3) is 0.409. The number of nitrogens with zero attached hydrogens (tertiary/aromatic N) is 2. The first-order valence-corrected chi connectivity index (χ1v) is 11.7. The highest BCUT2D eigenvalue weighted by atomic mass is 32.2. The fourth-order valence-electron chi connectivity index (χ4n) is 3.60. The van der Waals surface area contributed by atoms with Gasteiger partial charge in [0.05, 0.1) is 11.0 Å². The Hall–Kier alpha value is -2.78. The summed E-state index contributed by atoms with van der Waals surface area (Å²) in [6.45, 7) is 5.84. The number of hydrogen-bond donors (Lipinski definition) is 0. The number of hydrogen-bond acceptors (Lipinski definition) is 6. The molecule has 2 aromatic rings. The molecule has 0 bridgehead atoms. The van der Waals surface area contributed by atoms with E-state index in [2.05, 4.69) is 0 Å². The Labute approximate surface area is 182 Å². The van der Waals surface area contributed by atoms with Gasteiger partial charge in [-0.05, 0) is 50.2 Å². The van der Waals surface area contributed by atoms with Gasteiger partial charge in [-0.25, -0.2) is 8.42 Å². The lowest BCUT2D eigenvalue weighted by Crippen LogP contribution is -2.50. The van der Waals surface area contributed by atoms with Crippen molar-refractivity contribution in [3.05, 3.63) is 48.0 Å². The highest BCUT2D eigenvalue weighted by Crippen LogP contribution is 2.33. The van der Waals surface area contributed by atoms with Crippen LogP contribution in [0.2, 0.25) is 0 Å². The van der Waals surface area contributed by atoms with Gasteiger partial charge in [0, 0.05) is 37.8 Å². The molecular formula is C22H26N2O6S. The summed E-state index contributed by atoms with van der Waals surface area (Å²) in [5.74, 6) is 1.57. The molecule has 2 heterocycles. The predicted octanol–water partition coefficient (Wildman–Crippen LogP) is 2.39. The monoisotopic (exact) mass is 446 g/mol. The van der Waals surface area contributed by atoms with E-state index < -0.39 is 10.0 Å². The average molecular weight is 447 g/mol. The summed E-state index contributed by atoms with van der Waals surface area (Å²) in [7, 11) is -3.68. The number of piperazine rings is 1. The van der Waals surface area contributed by atoms with Crippen LogP contribution in [0, 0.1) is 0 Å². The zero-order valence-electron chi connectivity index (χ0n) is 17.6. The normalized spacial score (nSPS) is 16.9. The summed E-state index contributed by atoms with van der Waals surface area (Å²) in [5.41, 5.74) is 0.555. The van der Waals surface area contributed by atoms with E-state index in [1.807, 2.05) is 13.8 Å².